The Morgan fingerprint density at radius 2 is 0.906 bits per heavy atom. The lowest BCUT2D eigenvalue weighted by molar-refractivity contribution is 0.340. The second kappa shape index (κ2) is 22.7. The quantitative estimate of drug-likeness (QED) is 0.0875. The van der Waals surface area contributed by atoms with Gasteiger partial charge in [-0.15, -0.1) is 22.7 Å². The van der Waals surface area contributed by atoms with Crippen LogP contribution in [0.25, 0.3) is 0 Å². The van der Waals surface area contributed by atoms with E-state index in [4.69, 9.17) is 14.7 Å². The van der Waals surface area contributed by atoms with Crippen LogP contribution in [0, 0.1) is 0 Å². The zero-order chi connectivity index (χ0) is 45.1. The summed E-state index contributed by atoms with van der Waals surface area (Å²) >= 11 is 10.0. The van der Waals surface area contributed by atoms with E-state index in [2.05, 4.69) is 95.7 Å². The van der Waals surface area contributed by atoms with Crippen molar-refractivity contribution in [2.24, 2.45) is 0 Å². The molecule has 2 aliphatic heterocycles. The maximum atomic E-state index is 13.0. The number of aromatic nitrogens is 2. The summed E-state index contributed by atoms with van der Waals surface area (Å²) in [7, 11) is -6.93. The first-order chi connectivity index (χ1) is 31.0. The Labute approximate surface area is 403 Å². The summed E-state index contributed by atoms with van der Waals surface area (Å²) in [6, 6.07) is 31.1. The molecule has 0 saturated carbocycles. The van der Waals surface area contributed by atoms with E-state index in [0.717, 1.165) is 64.2 Å². The molecule has 2 aromatic heterocycles. The van der Waals surface area contributed by atoms with Crippen molar-refractivity contribution in [3.63, 3.8) is 0 Å². The van der Waals surface area contributed by atoms with E-state index in [0.29, 0.717) is 79.4 Å². The smallest absolute Gasteiger partial charge is 0.243 e. The lowest BCUT2D eigenvalue weighted by atomic mass is 10.1. The largest absolute Gasteiger partial charge is 0.494 e. The molecular weight excluding hydrogens is 1020 g/mol. The highest BCUT2D eigenvalue weighted by atomic mass is 79.9. The Balaban J connectivity index is 0.000000191. The summed E-state index contributed by atoms with van der Waals surface area (Å²) in [5.74, 6) is 0.877. The molecule has 4 heterocycles. The van der Waals surface area contributed by atoms with Gasteiger partial charge in [-0.25, -0.2) is 26.8 Å². The number of piperazine rings is 2. The molecule has 6 aromatic rings. The Hall–Kier alpha value is -3.68. The number of hydrogen-bond acceptors (Lipinski definition) is 11. The van der Waals surface area contributed by atoms with Crippen LogP contribution in [0.4, 0.5) is 10.3 Å². The number of halogens is 2. The van der Waals surface area contributed by atoms with E-state index in [9.17, 15) is 16.8 Å². The number of hydrogen-bond donors (Lipinski definition) is 0. The fourth-order valence-corrected chi connectivity index (χ4v) is 12.8. The van der Waals surface area contributed by atoms with Gasteiger partial charge >= 0.3 is 0 Å². The zero-order valence-corrected chi connectivity index (χ0v) is 42.6. The molecule has 17 heteroatoms. The van der Waals surface area contributed by atoms with E-state index >= 15 is 0 Å². The van der Waals surface area contributed by atoms with Crippen LogP contribution in [0.15, 0.2) is 118 Å². The molecule has 2 aliphatic rings. The van der Waals surface area contributed by atoms with Gasteiger partial charge in [0.25, 0.3) is 0 Å². The zero-order valence-electron chi connectivity index (χ0n) is 36.1. The number of rotatable bonds is 16. The van der Waals surface area contributed by atoms with Crippen molar-refractivity contribution in [1.29, 1.82) is 0 Å². The molecule has 2 fully saturated rings. The van der Waals surface area contributed by atoms with E-state index < -0.39 is 20.0 Å². The van der Waals surface area contributed by atoms with E-state index in [1.807, 2.05) is 43.3 Å². The predicted octanol–water partition coefficient (Wildman–Crippen LogP) is 9.63. The van der Waals surface area contributed by atoms with Crippen LogP contribution in [0.2, 0.25) is 0 Å². The third kappa shape index (κ3) is 12.4. The second-order valence-corrected chi connectivity index (χ2v) is 22.2. The number of benzene rings is 4. The van der Waals surface area contributed by atoms with Crippen LogP contribution in [0.1, 0.15) is 59.5 Å². The van der Waals surface area contributed by atoms with Gasteiger partial charge < -0.3 is 14.5 Å². The van der Waals surface area contributed by atoms with Gasteiger partial charge in [0, 0.05) is 86.6 Å². The highest BCUT2D eigenvalue weighted by Gasteiger charge is 2.31. The SMILES string of the molecule is CCCc1ccc(Cc2csc(N3CCN(S(=O)(=O)c4ccc(CBr)cc4)CC3)n2)cc1.CCOc1ccc(Cc2csc(N3CCN(S(=O)(=O)c4ccc(CBr)cc4)CC3)n2)cc1. The summed E-state index contributed by atoms with van der Waals surface area (Å²) in [4.78, 5) is 14.7. The molecule has 0 aliphatic carbocycles. The van der Waals surface area contributed by atoms with Gasteiger partial charge in [-0.1, -0.05) is 106 Å². The molecule has 64 heavy (non-hydrogen) atoms. The van der Waals surface area contributed by atoms with Crippen LogP contribution in [-0.4, -0.2) is 94.4 Å². The lowest BCUT2D eigenvalue weighted by Gasteiger charge is -2.33. The highest BCUT2D eigenvalue weighted by molar-refractivity contribution is 9.08. The van der Waals surface area contributed by atoms with Gasteiger partial charge in [-0.3, -0.25) is 0 Å². The van der Waals surface area contributed by atoms with Crippen molar-refractivity contribution in [3.05, 3.63) is 147 Å². The Bertz CT molecular complexity index is 2430. The monoisotopic (exact) mass is 1070 g/mol. The molecule has 0 radical (unpaired) electrons. The van der Waals surface area contributed by atoms with Gasteiger partial charge in [0.05, 0.1) is 27.8 Å². The van der Waals surface area contributed by atoms with Crippen molar-refractivity contribution >= 4 is 84.8 Å². The van der Waals surface area contributed by atoms with Crippen molar-refractivity contribution in [2.75, 3.05) is 68.8 Å². The summed E-state index contributed by atoms with van der Waals surface area (Å²) in [6.45, 7) is 9.24. The number of ether oxygens (including phenoxy) is 1. The fraction of sp³-hybridized carbons (Fsp3) is 0.362. The van der Waals surface area contributed by atoms with E-state index in [1.165, 1.54) is 16.7 Å². The van der Waals surface area contributed by atoms with Gasteiger partial charge in [0.15, 0.2) is 10.3 Å². The van der Waals surface area contributed by atoms with Gasteiger partial charge in [-0.2, -0.15) is 8.61 Å². The van der Waals surface area contributed by atoms with Crippen LogP contribution >= 0.6 is 54.5 Å². The molecule has 0 atom stereocenters. The van der Waals surface area contributed by atoms with Crippen LogP contribution in [0.5, 0.6) is 5.75 Å². The number of aryl methyl sites for hydroxylation is 1. The number of sulfonamides is 2. The maximum Gasteiger partial charge on any atom is 0.243 e. The molecule has 0 unspecified atom stereocenters. The first kappa shape index (κ1) is 48.3. The molecule has 340 valence electrons. The number of nitrogens with zero attached hydrogens (tertiary/aromatic N) is 6. The Morgan fingerprint density at radius 3 is 1.28 bits per heavy atom. The minimum atomic E-state index is -3.47. The van der Waals surface area contributed by atoms with Crippen molar-refractivity contribution in [1.82, 2.24) is 18.6 Å². The molecule has 0 spiro atoms. The van der Waals surface area contributed by atoms with Crippen molar-refractivity contribution in [2.45, 2.75) is 60.0 Å². The standard InChI is InChI=1S/C24H28BrN3O2S2.C23H26BrN3O3S2/c1-2-3-19-4-6-20(7-5-19)16-22-18-31-24(26-22)27-12-14-28(15-13-27)32(29,30)23-10-8-21(17-25)9-11-23;1-2-30-21-7-3-18(4-8-21)15-20-17-31-23(25-20)26-11-13-27(14-12-26)32(28,29)22-9-5-19(16-24)6-10-22/h4-11,18H,2-3,12-17H2,1H3;3-10,17H,2,11-16H2,1H3. The second-order valence-electron chi connectivity index (χ2n) is 15.6. The normalized spacial score (nSPS) is 15.2. The van der Waals surface area contributed by atoms with Gasteiger partial charge in [0.1, 0.15) is 5.75 Å². The van der Waals surface area contributed by atoms with E-state index in [-0.39, 0.29) is 0 Å². The molecule has 2 saturated heterocycles. The highest BCUT2D eigenvalue weighted by Crippen LogP contribution is 2.28. The maximum absolute atomic E-state index is 13.0. The van der Waals surface area contributed by atoms with Crippen LogP contribution in [-0.2, 0) is 50.0 Å². The van der Waals surface area contributed by atoms with Crippen LogP contribution < -0.4 is 14.5 Å². The summed E-state index contributed by atoms with van der Waals surface area (Å²) in [6.07, 6.45) is 3.86. The Morgan fingerprint density at radius 1 is 0.531 bits per heavy atom. The molecule has 4 aromatic carbocycles. The minimum Gasteiger partial charge on any atom is -0.494 e. The molecule has 8 rings (SSSR count). The lowest BCUT2D eigenvalue weighted by Crippen LogP contribution is -2.48. The number of thiazole rings is 2. The first-order valence-electron chi connectivity index (χ1n) is 21.5. The summed E-state index contributed by atoms with van der Waals surface area (Å²) in [5.41, 5.74) is 8.04. The third-order valence-corrected chi connectivity index (χ3v) is 18.1. The predicted molar refractivity (Wildman–Crippen MR) is 268 cm³/mol. The third-order valence-electron chi connectivity index (χ3n) is 11.1. The topological polar surface area (TPSA) is 116 Å². The summed E-state index contributed by atoms with van der Waals surface area (Å²) in [5, 5.41) is 7.54. The molecule has 0 amide bonds. The first-order valence-corrected chi connectivity index (χ1v) is 28.4. The van der Waals surface area contributed by atoms with Crippen molar-refractivity contribution < 1.29 is 21.6 Å². The molecule has 0 bridgehead atoms. The molecular formula is C47H54Br2N6O5S4. The van der Waals surface area contributed by atoms with Crippen molar-refractivity contribution in [3.8, 4) is 5.75 Å². The minimum absolute atomic E-state index is 0.350. The number of alkyl halides is 2. The number of anilines is 2. The average molecular weight is 1070 g/mol. The van der Waals surface area contributed by atoms with Gasteiger partial charge in [-0.05, 0) is 77.6 Å². The fourth-order valence-electron chi connectivity index (χ4n) is 7.49. The molecule has 0 N–H and O–H groups in total. The Kier molecular flexibility index (Phi) is 17.1. The van der Waals surface area contributed by atoms with Crippen LogP contribution in [0.3, 0.4) is 0 Å². The molecule has 11 nitrogen and oxygen atoms in total. The van der Waals surface area contributed by atoms with E-state index in [1.54, 1.807) is 55.5 Å². The average Bonchev–Trinajstić information content (AvgIpc) is 4.01. The summed E-state index contributed by atoms with van der Waals surface area (Å²) < 4.78 is 60.6. The van der Waals surface area contributed by atoms with Gasteiger partial charge in [0.2, 0.25) is 20.0 Å².